The van der Waals surface area contributed by atoms with Crippen LogP contribution in [0.15, 0.2) is 42.5 Å². The van der Waals surface area contributed by atoms with Gasteiger partial charge in [-0.2, -0.15) is 0 Å². The fourth-order valence-corrected chi connectivity index (χ4v) is 2.06. The van der Waals surface area contributed by atoms with Crippen LogP contribution in [0.2, 0.25) is 0 Å². The highest BCUT2D eigenvalue weighted by Gasteiger charge is 2.17. The predicted molar refractivity (Wildman–Crippen MR) is 84.1 cm³/mol. The molecule has 0 aliphatic rings. The van der Waals surface area contributed by atoms with Crippen LogP contribution in [-0.2, 0) is 12.0 Å². The van der Waals surface area contributed by atoms with Crippen molar-refractivity contribution < 1.29 is 9.13 Å². The molecule has 2 nitrogen and oxygen atoms in total. The second-order valence-electron chi connectivity index (χ2n) is 5.83. The van der Waals surface area contributed by atoms with Crippen molar-refractivity contribution in [3.63, 3.8) is 0 Å². The fourth-order valence-electron chi connectivity index (χ4n) is 2.06. The molecule has 0 bridgehead atoms. The molecule has 0 unspecified atom stereocenters. The van der Waals surface area contributed by atoms with Crippen molar-refractivity contribution in [3.8, 4) is 11.5 Å². The average molecular weight is 287 g/mol. The van der Waals surface area contributed by atoms with Crippen LogP contribution in [0.5, 0.6) is 11.5 Å². The third-order valence-electron chi connectivity index (χ3n) is 3.98. The van der Waals surface area contributed by atoms with Gasteiger partial charge in [0.05, 0.1) is 0 Å². The summed E-state index contributed by atoms with van der Waals surface area (Å²) >= 11 is 0. The number of benzene rings is 2. The van der Waals surface area contributed by atoms with Crippen molar-refractivity contribution in [2.75, 3.05) is 0 Å². The molecule has 21 heavy (non-hydrogen) atoms. The molecule has 0 radical (unpaired) electrons. The first-order valence-electron chi connectivity index (χ1n) is 7.23. The van der Waals surface area contributed by atoms with Crippen molar-refractivity contribution in [2.24, 2.45) is 5.73 Å². The van der Waals surface area contributed by atoms with E-state index in [2.05, 4.69) is 20.8 Å². The van der Waals surface area contributed by atoms with E-state index in [4.69, 9.17) is 10.5 Å². The van der Waals surface area contributed by atoms with Crippen LogP contribution in [0.1, 0.15) is 38.3 Å². The minimum Gasteiger partial charge on any atom is -0.454 e. The molecule has 2 aromatic rings. The SMILES string of the molecule is CCC(C)(C)c1ccc(Oc2ccc(CN)cc2F)cc1. The summed E-state index contributed by atoms with van der Waals surface area (Å²) in [6, 6.07) is 12.6. The minimum absolute atomic E-state index is 0.132. The number of ether oxygens (including phenoxy) is 1. The highest BCUT2D eigenvalue weighted by molar-refractivity contribution is 5.37. The Morgan fingerprint density at radius 3 is 2.29 bits per heavy atom. The highest BCUT2D eigenvalue weighted by atomic mass is 19.1. The molecule has 2 aromatic carbocycles. The Hall–Kier alpha value is -1.87. The van der Waals surface area contributed by atoms with Crippen molar-refractivity contribution in [1.82, 2.24) is 0 Å². The van der Waals surface area contributed by atoms with Crippen molar-refractivity contribution in [3.05, 3.63) is 59.4 Å². The Morgan fingerprint density at radius 1 is 1.10 bits per heavy atom. The monoisotopic (exact) mass is 287 g/mol. The maximum absolute atomic E-state index is 13.9. The van der Waals surface area contributed by atoms with Gasteiger partial charge in [0, 0.05) is 6.54 Å². The highest BCUT2D eigenvalue weighted by Crippen LogP contribution is 2.30. The normalized spacial score (nSPS) is 11.5. The maximum atomic E-state index is 13.9. The molecule has 0 aliphatic heterocycles. The second-order valence-corrected chi connectivity index (χ2v) is 5.83. The molecule has 0 amide bonds. The van der Waals surface area contributed by atoms with Crippen LogP contribution in [0.4, 0.5) is 4.39 Å². The van der Waals surface area contributed by atoms with Gasteiger partial charge in [0.1, 0.15) is 5.75 Å². The van der Waals surface area contributed by atoms with Gasteiger partial charge in [-0.25, -0.2) is 4.39 Å². The van der Waals surface area contributed by atoms with Crippen molar-refractivity contribution >= 4 is 0 Å². The minimum atomic E-state index is -0.393. The molecule has 2 rings (SSSR count). The molecule has 0 fully saturated rings. The lowest BCUT2D eigenvalue weighted by molar-refractivity contribution is 0.440. The van der Waals surface area contributed by atoms with Gasteiger partial charge >= 0.3 is 0 Å². The van der Waals surface area contributed by atoms with E-state index in [1.807, 2.05) is 24.3 Å². The molecular weight excluding hydrogens is 265 g/mol. The van der Waals surface area contributed by atoms with Crippen molar-refractivity contribution in [2.45, 2.75) is 39.2 Å². The Labute approximate surface area is 125 Å². The van der Waals surface area contributed by atoms with Crippen LogP contribution in [0.25, 0.3) is 0 Å². The van der Waals surface area contributed by atoms with Crippen LogP contribution >= 0.6 is 0 Å². The van der Waals surface area contributed by atoms with Gasteiger partial charge in [0.15, 0.2) is 11.6 Å². The summed E-state index contributed by atoms with van der Waals surface area (Å²) in [5.74, 6) is 0.454. The smallest absolute Gasteiger partial charge is 0.166 e. The van der Waals surface area contributed by atoms with E-state index in [1.165, 1.54) is 11.6 Å². The molecule has 0 saturated carbocycles. The molecule has 2 N–H and O–H groups in total. The first kappa shape index (κ1) is 15.5. The molecule has 0 aliphatic carbocycles. The Bertz CT molecular complexity index is 605. The summed E-state index contributed by atoms with van der Waals surface area (Å²) in [6.45, 7) is 6.89. The van der Waals surface area contributed by atoms with E-state index in [1.54, 1.807) is 12.1 Å². The standard InChI is InChI=1S/C18H22FNO/c1-4-18(2,3)14-6-8-15(9-7-14)21-17-10-5-13(12-20)11-16(17)19/h5-11H,4,12,20H2,1-3H3. The summed E-state index contributed by atoms with van der Waals surface area (Å²) in [5, 5.41) is 0. The van der Waals surface area contributed by atoms with Gasteiger partial charge < -0.3 is 10.5 Å². The molecule has 0 saturated heterocycles. The van der Waals surface area contributed by atoms with Crippen LogP contribution in [0, 0.1) is 5.82 Å². The molecule has 3 heteroatoms. The van der Waals surface area contributed by atoms with E-state index in [0.717, 1.165) is 12.0 Å². The lowest BCUT2D eigenvalue weighted by Crippen LogP contribution is -2.14. The third kappa shape index (κ3) is 3.61. The average Bonchev–Trinajstić information content (AvgIpc) is 2.50. The maximum Gasteiger partial charge on any atom is 0.166 e. The Kier molecular flexibility index (Phi) is 4.63. The lowest BCUT2D eigenvalue weighted by Gasteiger charge is -2.23. The van der Waals surface area contributed by atoms with E-state index in [-0.39, 0.29) is 11.2 Å². The van der Waals surface area contributed by atoms with Gasteiger partial charge in [0.25, 0.3) is 0 Å². The summed E-state index contributed by atoms with van der Waals surface area (Å²) in [6.07, 6.45) is 1.06. The van der Waals surface area contributed by atoms with E-state index in [9.17, 15) is 4.39 Å². The lowest BCUT2D eigenvalue weighted by atomic mass is 9.82. The largest absolute Gasteiger partial charge is 0.454 e. The zero-order chi connectivity index (χ0) is 15.5. The number of hydrogen-bond donors (Lipinski definition) is 1. The quantitative estimate of drug-likeness (QED) is 0.860. The first-order valence-corrected chi connectivity index (χ1v) is 7.23. The molecule has 0 heterocycles. The zero-order valence-electron chi connectivity index (χ0n) is 12.8. The van der Waals surface area contributed by atoms with Crippen molar-refractivity contribution in [1.29, 1.82) is 0 Å². The van der Waals surface area contributed by atoms with E-state index in [0.29, 0.717) is 12.3 Å². The topological polar surface area (TPSA) is 35.2 Å². The Balaban J connectivity index is 2.17. The third-order valence-corrected chi connectivity index (χ3v) is 3.98. The van der Waals surface area contributed by atoms with E-state index < -0.39 is 5.82 Å². The summed E-state index contributed by atoms with van der Waals surface area (Å²) < 4.78 is 19.5. The fraction of sp³-hybridized carbons (Fsp3) is 0.333. The molecule has 0 atom stereocenters. The van der Waals surface area contributed by atoms with Gasteiger partial charge in [-0.05, 0) is 47.2 Å². The first-order chi connectivity index (χ1) is 9.96. The zero-order valence-corrected chi connectivity index (χ0v) is 12.8. The predicted octanol–water partition coefficient (Wildman–Crippen LogP) is 4.76. The summed E-state index contributed by atoms with van der Waals surface area (Å²) in [7, 11) is 0. The number of nitrogens with two attached hydrogens (primary N) is 1. The molecule has 0 aromatic heterocycles. The summed E-state index contributed by atoms with van der Waals surface area (Å²) in [4.78, 5) is 0. The van der Waals surface area contributed by atoms with Gasteiger partial charge in [-0.1, -0.05) is 39.0 Å². The van der Waals surface area contributed by atoms with Crippen LogP contribution in [-0.4, -0.2) is 0 Å². The number of hydrogen-bond acceptors (Lipinski definition) is 2. The Morgan fingerprint density at radius 2 is 1.76 bits per heavy atom. The number of rotatable bonds is 5. The molecule has 112 valence electrons. The molecule has 0 spiro atoms. The van der Waals surface area contributed by atoms with Gasteiger partial charge in [-0.3, -0.25) is 0 Å². The van der Waals surface area contributed by atoms with E-state index >= 15 is 0 Å². The number of halogens is 1. The molecular formula is C18H22FNO. The summed E-state index contributed by atoms with van der Waals surface area (Å²) in [5.41, 5.74) is 7.61. The van der Waals surface area contributed by atoms with Crippen LogP contribution < -0.4 is 10.5 Å². The van der Waals surface area contributed by atoms with Gasteiger partial charge in [-0.15, -0.1) is 0 Å². The van der Waals surface area contributed by atoms with Crippen LogP contribution in [0.3, 0.4) is 0 Å². The van der Waals surface area contributed by atoms with Gasteiger partial charge in [0.2, 0.25) is 0 Å². The second kappa shape index (κ2) is 6.27.